The summed E-state index contributed by atoms with van der Waals surface area (Å²) in [5.74, 6) is 0.889. The number of ether oxygens (including phenoxy) is 2. The molecule has 0 radical (unpaired) electrons. The van der Waals surface area contributed by atoms with Crippen LogP contribution >= 0.6 is 0 Å². The molecule has 1 aliphatic rings. The van der Waals surface area contributed by atoms with E-state index in [9.17, 15) is 19.2 Å². The van der Waals surface area contributed by atoms with Crippen molar-refractivity contribution in [1.29, 1.82) is 0 Å². The van der Waals surface area contributed by atoms with E-state index in [-0.39, 0.29) is 28.0 Å². The second kappa shape index (κ2) is 13.3. The molecule has 0 atom stereocenters. The van der Waals surface area contributed by atoms with Gasteiger partial charge in [0.1, 0.15) is 23.0 Å². The number of hydrogen-bond donors (Lipinski definition) is 0. The van der Waals surface area contributed by atoms with Gasteiger partial charge in [0.15, 0.2) is 5.78 Å². The lowest BCUT2D eigenvalue weighted by molar-refractivity contribution is -0.805. The molecule has 1 heterocycles. The van der Waals surface area contributed by atoms with Crippen LogP contribution in [0.1, 0.15) is 67.8 Å². The molecule has 0 unspecified atom stereocenters. The van der Waals surface area contributed by atoms with Crippen molar-refractivity contribution < 1.29 is 33.1 Å². The summed E-state index contributed by atoms with van der Waals surface area (Å²) in [6.45, 7) is 5.99. The minimum Gasteiger partial charge on any atom is -0.457 e. The number of ketones is 1. The zero-order valence-corrected chi connectivity index (χ0v) is 28.2. The van der Waals surface area contributed by atoms with Crippen LogP contribution in [-0.4, -0.2) is 48.6 Å². The molecule has 0 bridgehead atoms. The third-order valence-corrected chi connectivity index (χ3v) is 8.85. The van der Waals surface area contributed by atoms with E-state index in [1.54, 1.807) is 42.5 Å². The van der Waals surface area contributed by atoms with Crippen LogP contribution in [0.3, 0.4) is 0 Å². The predicted octanol–water partition coefficient (Wildman–Crippen LogP) is 8.74. The molecular formula is C41H37N2O6+. The molecule has 8 nitrogen and oxygen atoms in total. The summed E-state index contributed by atoms with van der Waals surface area (Å²) in [5, 5.41) is 0. The van der Waals surface area contributed by atoms with Crippen LogP contribution in [0.25, 0.3) is 11.1 Å². The molecule has 0 saturated carbocycles. The molecule has 5 aromatic rings. The first kappa shape index (κ1) is 33.1. The highest BCUT2D eigenvalue weighted by Gasteiger charge is 2.37. The number of quaternary nitrogens is 1. The number of carbonyl (C=O) groups excluding carboxylic acids is 4. The lowest BCUT2D eigenvalue weighted by atomic mass is 10.0. The number of nitrogens with zero attached hydrogens (tertiary/aromatic N) is 2. The Labute approximate surface area is 285 Å². The van der Waals surface area contributed by atoms with Gasteiger partial charge in [0.05, 0.1) is 43.0 Å². The summed E-state index contributed by atoms with van der Waals surface area (Å²) in [6, 6.07) is 32.4. The number of rotatable bonds is 10. The van der Waals surface area contributed by atoms with Crippen molar-refractivity contribution in [3.05, 3.63) is 137 Å². The Balaban J connectivity index is 1.21. The van der Waals surface area contributed by atoms with E-state index in [0.29, 0.717) is 57.5 Å². The SMILES string of the molecule is CCc1cccc(N2C(=O)c3ccc(Oc4cccc(-c5cccc(Oc6ccc(C(=O)[N+](C)(C)CC)c(C(C)=O)c6)c5)c4)cc3C2=O)c1. The Morgan fingerprint density at radius 3 is 1.82 bits per heavy atom. The molecule has 0 N–H and O–H groups in total. The number of Topliss-reactive ketones (excluding diaryl/α,β-unsaturated/α-hetero) is 1. The highest BCUT2D eigenvalue weighted by Crippen LogP contribution is 2.35. The average Bonchev–Trinajstić information content (AvgIpc) is 3.36. The largest absolute Gasteiger partial charge is 0.457 e. The molecule has 0 saturated heterocycles. The third kappa shape index (κ3) is 6.64. The maximum atomic E-state index is 13.4. The Bertz CT molecular complexity index is 2130. The number of carbonyl (C=O) groups is 4. The van der Waals surface area contributed by atoms with Gasteiger partial charge in [-0.2, -0.15) is 0 Å². The zero-order chi connectivity index (χ0) is 34.9. The van der Waals surface area contributed by atoms with Crippen LogP contribution in [0.15, 0.2) is 109 Å². The first-order valence-electron chi connectivity index (χ1n) is 16.2. The van der Waals surface area contributed by atoms with Gasteiger partial charge in [-0.3, -0.25) is 18.9 Å². The van der Waals surface area contributed by atoms with Crippen molar-refractivity contribution in [1.82, 2.24) is 0 Å². The number of anilines is 1. The second-order valence-electron chi connectivity index (χ2n) is 12.5. The minimum atomic E-state index is -0.384. The fourth-order valence-corrected chi connectivity index (χ4v) is 5.72. The normalized spacial score (nSPS) is 12.6. The molecule has 5 aromatic carbocycles. The van der Waals surface area contributed by atoms with Crippen molar-refractivity contribution in [2.45, 2.75) is 27.2 Å². The first-order valence-corrected chi connectivity index (χ1v) is 16.2. The molecular weight excluding hydrogens is 616 g/mol. The fraction of sp³-hybridized carbons (Fsp3) is 0.171. The second-order valence-corrected chi connectivity index (χ2v) is 12.5. The highest BCUT2D eigenvalue weighted by molar-refractivity contribution is 6.34. The zero-order valence-electron chi connectivity index (χ0n) is 28.2. The summed E-state index contributed by atoms with van der Waals surface area (Å²) >= 11 is 0. The maximum absolute atomic E-state index is 13.4. The van der Waals surface area contributed by atoms with E-state index in [0.717, 1.165) is 23.1 Å². The number of aryl methyl sites for hydroxylation is 1. The predicted molar refractivity (Wildman–Crippen MR) is 189 cm³/mol. The average molecular weight is 654 g/mol. The van der Waals surface area contributed by atoms with Gasteiger partial charge in [-0.25, -0.2) is 9.69 Å². The molecule has 246 valence electrons. The summed E-state index contributed by atoms with van der Waals surface area (Å²) < 4.78 is 12.5. The number of hydrogen-bond acceptors (Lipinski definition) is 6. The molecule has 6 rings (SSSR count). The number of fused-ring (bicyclic) bond motifs is 1. The molecule has 0 aromatic heterocycles. The Morgan fingerprint density at radius 1 is 0.633 bits per heavy atom. The van der Waals surface area contributed by atoms with Crippen LogP contribution < -0.4 is 14.4 Å². The topological polar surface area (TPSA) is 90.0 Å². The molecule has 0 fully saturated rings. The van der Waals surface area contributed by atoms with Gasteiger partial charge in [0.25, 0.3) is 11.8 Å². The van der Waals surface area contributed by atoms with Gasteiger partial charge in [-0.15, -0.1) is 0 Å². The summed E-state index contributed by atoms with van der Waals surface area (Å²) in [5.41, 5.74) is 4.64. The van der Waals surface area contributed by atoms with Crippen LogP contribution in [0, 0.1) is 0 Å². The van der Waals surface area contributed by atoms with Gasteiger partial charge >= 0.3 is 5.91 Å². The summed E-state index contributed by atoms with van der Waals surface area (Å²) in [6.07, 6.45) is 0.793. The van der Waals surface area contributed by atoms with E-state index in [2.05, 4.69) is 0 Å². The first-order chi connectivity index (χ1) is 23.5. The Morgan fingerprint density at radius 2 is 1.20 bits per heavy atom. The van der Waals surface area contributed by atoms with Crippen molar-refractivity contribution >= 4 is 29.2 Å². The molecule has 0 aliphatic carbocycles. The Kier molecular flexibility index (Phi) is 8.99. The monoisotopic (exact) mass is 653 g/mol. The third-order valence-electron chi connectivity index (χ3n) is 8.85. The molecule has 49 heavy (non-hydrogen) atoms. The number of imide groups is 1. The van der Waals surface area contributed by atoms with Crippen molar-refractivity contribution in [3.63, 3.8) is 0 Å². The van der Waals surface area contributed by atoms with Gasteiger partial charge in [0, 0.05) is 5.56 Å². The molecule has 8 heteroatoms. The van der Waals surface area contributed by atoms with Gasteiger partial charge in [-0.1, -0.05) is 43.3 Å². The van der Waals surface area contributed by atoms with E-state index >= 15 is 0 Å². The standard InChI is InChI=1S/C41H37N2O6/c1-6-27-11-8-14-30(21-27)42-39(45)35-19-17-34(25-38(35)40(42)46)49-32-16-10-13-29(23-32)28-12-9-15-31(22-28)48-33-18-20-36(37(24-33)26(3)44)41(47)43(4,5)7-2/h8-25H,6-7H2,1-5H3/q+1. The fourth-order valence-electron chi connectivity index (χ4n) is 5.72. The van der Waals surface area contributed by atoms with E-state index in [4.69, 9.17) is 9.47 Å². The van der Waals surface area contributed by atoms with Gasteiger partial charge in [-0.05, 0) is 110 Å². The van der Waals surface area contributed by atoms with Crippen molar-refractivity contribution in [2.75, 3.05) is 25.5 Å². The molecule has 3 amide bonds. The van der Waals surface area contributed by atoms with Crippen LogP contribution in [0.2, 0.25) is 0 Å². The van der Waals surface area contributed by atoms with Crippen LogP contribution in [-0.2, 0) is 6.42 Å². The quantitative estimate of drug-likeness (QED) is 0.0851. The smallest absolute Gasteiger partial charge is 0.346 e. The minimum absolute atomic E-state index is 0.127. The maximum Gasteiger partial charge on any atom is 0.346 e. The van der Waals surface area contributed by atoms with Crippen LogP contribution in [0.4, 0.5) is 5.69 Å². The molecule has 1 aliphatic heterocycles. The van der Waals surface area contributed by atoms with Crippen molar-refractivity contribution in [2.24, 2.45) is 0 Å². The van der Waals surface area contributed by atoms with Gasteiger partial charge in [0.2, 0.25) is 0 Å². The highest BCUT2D eigenvalue weighted by atomic mass is 16.5. The van der Waals surface area contributed by atoms with E-state index < -0.39 is 0 Å². The summed E-state index contributed by atoms with van der Waals surface area (Å²) in [4.78, 5) is 53.4. The van der Waals surface area contributed by atoms with E-state index in [1.165, 1.54) is 11.8 Å². The molecule has 0 spiro atoms. The van der Waals surface area contributed by atoms with E-state index in [1.807, 2.05) is 94.7 Å². The van der Waals surface area contributed by atoms with Crippen LogP contribution in [0.5, 0.6) is 23.0 Å². The lowest BCUT2D eigenvalue weighted by Crippen LogP contribution is -2.45. The van der Waals surface area contributed by atoms with Gasteiger partial charge < -0.3 is 9.47 Å². The van der Waals surface area contributed by atoms with Crippen molar-refractivity contribution in [3.8, 4) is 34.1 Å². The summed E-state index contributed by atoms with van der Waals surface area (Å²) in [7, 11) is 3.63. The number of benzene rings is 5. The Hall–Kier alpha value is -5.86. The lowest BCUT2D eigenvalue weighted by Gasteiger charge is -2.25. The number of amides is 3.